The Balaban J connectivity index is 1.84. The van der Waals surface area contributed by atoms with Gasteiger partial charge in [-0.25, -0.2) is 9.78 Å². The summed E-state index contributed by atoms with van der Waals surface area (Å²) >= 11 is 1.53. The topological polar surface area (TPSA) is 72.2 Å². The second-order valence-corrected chi connectivity index (χ2v) is 6.20. The standard InChI is InChI=1S/C16H14N2O3S/c1-9-14(22-10(2)18-9)8-17-15(19)12-7-11-5-3-4-6-13(11)21-16(12)20/h3-7H,8H2,1-2H3,(H,17,19). The van der Waals surface area contributed by atoms with Gasteiger partial charge in [0.15, 0.2) is 0 Å². The van der Waals surface area contributed by atoms with Gasteiger partial charge in [-0.2, -0.15) is 0 Å². The average molecular weight is 314 g/mol. The molecule has 0 radical (unpaired) electrons. The van der Waals surface area contributed by atoms with Gasteiger partial charge < -0.3 is 9.73 Å². The zero-order valence-corrected chi connectivity index (χ0v) is 13.0. The van der Waals surface area contributed by atoms with Gasteiger partial charge in [-0.1, -0.05) is 18.2 Å². The van der Waals surface area contributed by atoms with E-state index in [1.54, 1.807) is 24.3 Å². The molecule has 0 aliphatic rings. The summed E-state index contributed by atoms with van der Waals surface area (Å²) < 4.78 is 5.17. The predicted molar refractivity (Wildman–Crippen MR) is 85.2 cm³/mol. The molecular weight excluding hydrogens is 300 g/mol. The van der Waals surface area contributed by atoms with Crippen LogP contribution in [0.5, 0.6) is 0 Å². The second kappa shape index (κ2) is 5.73. The van der Waals surface area contributed by atoms with E-state index in [0.29, 0.717) is 12.1 Å². The molecule has 6 heteroatoms. The van der Waals surface area contributed by atoms with Crippen molar-refractivity contribution < 1.29 is 9.21 Å². The van der Waals surface area contributed by atoms with E-state index in [-0.39, 0.29) is 5.56 Å². The highest BCUT2D eigenvalue weighted by atomic mass is 32.1. The van der Waals surface area contributed by atoms with E-state index < -0.39 is 11.5 Å². The second-order valence-electron chi connectivity index (χ2n) is 4.91. The molecule has 112 valence electrons. The SMILES string of the molecule is Cc1nc(C)c(CNC(=O)c2cc3ccccc3oc2=O)s1. The number of aryl methyl sites for hydroxylation is 2. The minimum atomic E-state index is -0.631. The number of hydrogen-bond donors (Lipinski definition) is 1. The number of para-hydroxylation sites is 1. The number of carbonyl (C=O) groups is 1. The average Bonchev–Trinajstić information content (AvgIpc) is 2.82. The van der Waals surface area contributed by atoms with Crippen molar-refractivity contribution in [3.63, 3.8) is 0 Å². The molecule has 1 aromatic carbocycles. The fourth-order valence-corrected chi connectivity index (χ4v) is 3.09. The van der Waals surface area contributed by atoms with Gasteiger partial charge in [0.2, 0.25) is 0 Å². The first-order valence-corrected chi connectivity index (χ1v) is 7.60. The van der Waals surface area contributed by atoms with E-state index in [2.05, 4.69) is 10.3 Å². The lowest BCUT2D eigenvalue weighted by Gasteiger charge is -2.04. The first kappa shape index (κ1) is 14.5. The van der Waals surface area contributed by atoms with Crippen LogP contribution in [0.1, 0.15) is 25.9 Å². The van der Waals surface area contributed by atoms with Crippen LogP contribution in [0.2, 0.25) is 0 Å². The molecule has 2 aromatic heterocycles. The number of amides is 1. The minimum Gasteiger partial charge on any atom is -0.422 e. The summed E-state index contributed by atoms with van der Waals surface area (Å²) in [6.07, 6.45) is 0. The van der Waals surface area contributed by atoms with E-state index in [1.807, 2.05) is 19.9 Å². The number of benzene rings is 1. The van der Waals surface area contributed by atoms with Gasteiger partial charge >= 0.3 is 5.63 Å². The van der Waals surface area contributed by atoms with Crippen LogP contribution in [0.4, 0.5) is 0 Å². The first-order chi connectivity index (χ1) is 10.5. The summed E-state index contributed by atoms with van der Waals surface area (Å²) in [5.74, 6) is -0.440. The molecule has 0 spiro atoms. The molecule has 0 saturated carbocycles. The number of aromatic nitrogens is 1. The molecule has 2 heterocycles. The lowest BCUT2D eigenvalue weighted by Crippen LogP contribution is -2.27. The molecule has 5 nitrogen and oxygen atoms in total. The molecule has 0 fully saturated rings. The van der Waals surface area contributed by atoms with E-state index in [1.165, 1.54) is 11.3 Å². The van der Waals surface area contributed by atoms with E-state index >= 15 is 0 Å². The highest BCUT2D eigenvalue weighted by Gasteiger charge is 2.14. The smallest absolute Gasteiger partial charge is 0.349 e. The zero-order chi connectivity index (χ0) is 15.7. The van der Waals surface area contributed by atoms with Crippen molar-refractivity contribution in [1.29, 1.82) is 0 Å². The maximum absolute atomic E-state index is 12.2. The van der Waals surface area contributed by atoms with Gasteiger partial charge in [0.05, 0.1) is 17.2 Å². The van der Waals surface area contributed by atoms with Crippen LogP contribution in [0.15, 0.2) is 39.5 Å². The molecule has 0 bridgehead atoms. The van der Waals surface area contributed by atoms with Crippen molar-refractivity contribution in [2.45, 2.75) is 20.4 Å². The van der Waals surface area contributed by atoms with Crippen LogP contribution in [0.3, 0.4) is 0 Å². The van der Waals surface area contributed by atoms with Crippen molar-refractivity contribution >= 4 is 28.2 Å². The normalized spacial score (nSPS) is 10.8. The first-order valence-electron chi connectivity index (χ1n) is 6.78. The molecule has 0 aliphatic heterocycles. The Labute approximate surface area is 130 Å². The molecule has 1 N–H and O–H groups in total. The van der Waals surface area contributed by atoms with Gasteiger partial charge in [0, 0.05) is 10.3 Å². The Morgan fingerprint density at radius 3 is 2.82 bits per heavy atom. The largest absolute Gasteiger partial charge is 0.422 e. The molecule has 0 saturated heterocycles. The van der Waals surface area contributed by atoms with Crippen molar-refractivity contribution in [1.82, 2.24) is 10.3 Å². The number of rotatable bonds is 3. The minimum absolute atomic E-state index is 0.0117. The third kappa shape index (κ3) is 2.78. The van der Waals surface area contributed by atoms with Crippen molar-refractivity contribution in [3.8, 4) is 0 Å². The summed E-state index contributed by atoms with van der Waals surface area (Å²) in [5.41, 5.74) is 0.748. The Morgan fingerprint density at radius 2 is 2.09 bits per heavy atom. The zero-order valence-electron chi connectivity index (χ0n) is 12.2. The van der Waals surface area contributed by atoms with Crippen LogP contribution in [0.25, 0.3) is 11.0 Å². The van der Waals surface area contributed by atoms with Crippen molar-refractivity contribution in [2.24, 2.45) is 0 Å². The van der Waals surface area contributed by atoms with Gasteiger partial charge in [-0.05, 0) is 26.0 Å². The number of fused-ring (bicyclic) bond motifs is 1. The van der Waals surface area contributed by atoms with Crippen molar-refractivity contribution in [3.05, 3.63) is 61.9 Å². The van der Waals surface area contributed by atoms with Crippen LogP contribution in [-0.2, 0) is 6.54 Å². The third-order valence-corrected chi connectivity index (χ3v) is 4.37. The van der Waals surface area contributed by atoms with Crippen LogP contribution < -0.4 is 10.9 Å². The Morgan fingerprint density at radius 1 is 1.32 bits per heavy atom. The number of nitrogens with one attached hydrogen (secondary N) is 1. The number of carbonyl (C=O) groups excluding carboxylic acids is 1. The number of thiazole rings is 1. The molecular formula is C16H14N2O3S. The summed E-state index contributed by atoms with van der Waals surface area (Å²) in [7, 11) is 0. The Hall–Kier alpha value is -2.47. The Bertz CT molecular complexity index is 911. The van der Waals surface area contributed by atoms with Gasteiger partial charge in [-0.15, -0.1) is 11.3 Å². The van der Waals surface area contributed by atoms with Crippen LogP contribution >= 0.6 is 11.3 Å². The van der Waals surface area contributed by atoms with Crippen LogP contribution in [-0.4, -0.2) is 10.9 Å². The lowest BCUT2D eigenvalue weighted by atomic mass is 10.2. The summed E-state index contributed by atoms with van der Waals surface area (Å²) in [4.78, 5) is 29.4. The van der Waals surface area contributed by atoms with E-state index in [0.717, 1.165) is 21.0 Å². The lowest BCUT2D eigenvalue weighted by molar-refractivity contribution is 0.0947. The molecule has 3 aromatic rings. The molecule has 0 unspecified atom stereocenters. The molecule has 1 amide bonds. The maximum atomic E-state index is 12.2. The molecule has 0 atom stereocenters. The maximum Gasteiger partial charge on any atom is 0.349 e. The fourth-order valence-electron chi connectivity index (χ4n) is 2.21. The molecule has 0 aliphatic carbocycles. The van der Waals surface area contributed by atoms with Gasteiger partial charge in [0.25, 0.3) is 5.91 Å². The van der Waals surface area contributed by atoms with Crippen molar-refractivity contribution in [2.75, 3.05) is 0 Å². The fraction of sp³-hybridized carbons (Fsp3) is 0.188. The Kier molecular flexibility index (Phi) is 3.77. The van der Waals surface area contributed by atoms with Gasteiger partial charge in [0.1, 0.15) is 11.1 Å². The summed E-state index contributed by atoms with van der Waals surface area (Å²) in [5, 5.41) is 4.42. The number of hydrogen-bond acceptors (Lipinski definition) is 5. The van der Waals surface area contributed by atoms with Gasteiger partial charge in [-0.3, -0.25) is 4.79 Å². The highest BCUT2D eigenvalue weighted by Crippen LogP contribution is 2.17. The monoisotopic (exact) mass is 314 g/mol. The van der Waals surface area contributed by atoms with E-state index in [9.17, 15) is 9.59 Å². The molecule has 22 heavy (non-hydrogen) atoms. The third-order valence-electron chi connectivity index (χ3n) is 3.30. The summed E-state index contributed by atoms with van der Waals surface area (Å²) in [6.45, 7) is 4.17. The number of nitrogens with zero attached hydrogens (tertiary/aromatic N) is 1. The molecule has 3 rings (SSSR count). The quantitative estimate of drug-likeness (QED) is 0.755. The van der Waals surface area contributed by atoms with E-state index in [4.69, 9.17) is 4.42 Å². The summed E-state index contributed by atoms with van der Waals surface area (Å²) in [6, 6.07) is 8.66. The highest BCUT2D eigenvalue weighted by molar-refractivity contribution is 7.11. The van der Waals surface area contributed by atoms with Crippen LogP contribution in [0, 0.1) is 13.8 Å². The predicted octanol–water partition coefficient (Wildman–Crippen LogP) is 2.80.